The van der Waals surface area contributed by atoms with Crippen molar-refractivity contribution in [2.45, 2.75) is 30.6 Å². The number of carboxylic acids is 1. The van der Waals surface area contributed by atoms with Gasteiger partial charge in [-0.2, -0.15) is 0 Å². The molecule has 2 aromatic carbocycles. The van der Waals surface area contributed by atoms with Crippen LogP contribution in [0.2, 0.25) is 0 Å². The Hall–Kier alpha value is -2.45. The molecule has 1 heterocycles. The second-order valence-corrected chi connectivity index (χ2v) is 8.01. The number of aliphatic carboxylic acids is 1. The number of unbranched alkanes of at least 4 members (excludes halogenated alkanes) is 2. The van der Waals surface area contributed by atoms with Crippen LogP contribution < -0.4 is 9.62 Å². The van der Waals surface area contributed by atoms with E-state index in [-0.39, 0.29) is 23.8 Å². The van der Waals surface area contributed by atoms with Crippen molar-refractivity contribution in [3.8, 4) is 0 Å². The molecule has 1 aliphatic rings. The van der Waals surface area contributed by atoms with Crippen LogP contribution in [0.5, 0.6) is 0 Å². The number of anilines is 1. The van der Waals surface area contributed by atoms with Crippen molar-refractivity contribution in [2.24, 2.45) is 0 Å². The number of benzene rings is 2. The van der Waals surface area contributed by atoms with E-state index in [0.29, 0.717) is 41.3 Å². The predicted octanol–water partition coefficient (Wildman–Crippen LogP) is 2.35. The highest BCUT2D eigenvalue weighted by atomic mass is 32.2. The maximum atomic E-state index is 12.7. The lowest BCUT2D eigenvalue weighted by Gasteiger charge is -2.12. The number of carbonyl (C=O) groups is 2. The van der Waals surface area contributed by atoms with E-state index in [9.17, 15) is 18.0 Å². The molecule has 138 valence electrons. The van der Waals surface area contributed by atoms with Crippen molar-refractivity contribution in [3.63, 3.8) is 0 Å². The molecule has 0 atom stereocenters. The fourth-order valence-electron chi connectivity index (χ4n) is 3.21. The number of rotatable bonds is 8. The second kappa shape index (κ2) is 7.05. The van der Waals surface area contributed by atoms with Gasteiger partial charge in [-0.1, -0.05) is 18.6 Å². The first-order chi connectivity index (χ1) is 12.3. The van der Waals surface area contributed by atoms with Gasteiger partial charge in [0, 0.05) is 36.3 Å². The van der Waals surface area contributed by atoms with E-state index < -0.39 is 16.0 Å². The zero-order valence-electron chi connectivity index (χ0n) is 14.4. The number of hydrogen-bond donors (Lipinski definition) is 2. The molecule has 0 bridgehead atoms. The van der Waals surface area contributed by atoms with Gasteiger partial charge in [0.1, 0.15) is 0 Å². The van der Waals surface area contributed by atoms with Crippen LogP contribution in [-0.4, -0.2) is 39.0 Å². The van der Waals surface area contributed by atoms with Gasteiger partial charge in [0.25, 0.3) is 5.91 Å². The first kappa shape index (κ1) is 18.3. The Morgan fingerprint density at radius 1 is 1.15 bits per heavy atom. The average molecular weight is 376 g/mol. The van der Waals surface area contributed by atoms with Crippen molar-refractivity contribution in [1.82, 2.24) is 4.72 Å². The highest BCUT2D eigenvalue weighted by molar-refractivity contribution is 7.89. The summed E-state index contributed by atoms with van der Waals surface area (Å²) in [6, 6.07) is 8.25. The van der Waals surface area contributed by atoms with E-state index in [4.69, 9.17) is 5.11 Å². The third-order valence-electron chi connectivity index (χ3n) is 4.52. The smallest absolute Gasteiger partial charge is 0.303 e. The second-order valence-electron chi connectivity index (χ2n) is 6.28. The van der Waals surface area contributed by atoms with Crippen LogP contribution in [0.1, 0.15) is 36.0 Å². The fourth-order valence-corrected chi connectivity index (χ4v) is 4.48. The lowest BCUT2D eigenvalue weighted by molar-refractivity contribution is -0.137. The third-order valence-corrected chi connectivity index (χ3v) is 6.04. The highest BCUT2D eigenvalue weighted by Gasteiger charge is 2.29. The molecule has 3 rings (SSSR count). The Morgan fingerprint density at radius 2 is 1.92 bits per heavy atom. The first-order valence-electron chi connectivity index (χ1n) is 8.38. The Kier molecular flexibility index (Phi) is 4.97. The molecular formula is C18H20N2O5S. The highest BCUT2D eigenvalue weighted by Crippen LogP contribution is 2.39. The van der Waals surface area contributed by atoms with E-state index in [1.165, 1.54) is 11.0 Å². The van der Waals surface area contributed by atoms with Crippen molar-refractivity contribution >= 4 is 38.4 Å². The number of carbonyl (C=O) groups excluding carboxylic acids is 1. The van der Waals surface area contributed by atoms with Gasteiger partial charge in [0.2, 0.25) is 10.0 Å². The first-order valence-corrected chi connectivity index (χ1v) is 9.86. The van der Waals surface area contributed by atoms with Gasteiger partial charge in [-0.15, -0.1) is 0 Å². The van der Waals surface area contributed by atoms with Crippen LogP contribution in [0.25, 0.3) is 10.8 Å². The summed E-state index contributed by atoms with van der Waals surface area (Å²) in [6.45, 7) is 0.240. The van der Waals surface area contributed by atoms with Gasteiger partial charge in [0.05, 0.1) is 10.6 Å². The third kappa shape index (κ3) is 3.30. The lowest BCUT2D eigenvalue weighted by Crippen LogP contribution is -2.25. The molecule has 0 saturated carbocycles. The number of amides is 1. The average Bonchev–Trinajstić information content (AvgIpc) is 2.85. The summed E-state index contributed by atoms with van der Waals surface area (Å²) in [6.07, 6.45) is 1.81. The van der Waals surface area contributed by atoms with Crippen LogP contribution in [0.3, 0.4) is 0 Å². The van der Waals surface area contributed by atoms with Crippen LogP contribution in [0.4, 0.5) is 5.69 Å². The molecule has 0 aromatic heterocycles. The zero-order valence-corrected chi connectivity index (χ0v) is 15.2. The molecule has 0 fully saturated rings. The monoisotopic (exact) mass is 376 g/mol. The summed E-state index contributed by atoms with van der Waals surface area (Å²) < 4.78 is 27.9. The molecule has 8 heteroatoms. The van der Waals surface area contributed by atoms with Crippen molar-refractivity contribution in [2.75, 3.05) is 18.5 Å². The van der Waals surface area contributed by atoms with Crippen LogP contribution >= 0.6 is 0 Å². The number of nitrogens with one attached hydrogen (secondary N) is 1. The molecular weight excluding hydrogens is 356 g/mol. The molecule has 0 unspecified atom stereocenters. The van der Waals surface area contributed by atoms with E-state index in [1.54, 1.807) is 31.3 Å². The maximum Gasteiger partial charge on any atom is 0.303 e. The minimum absolute atomic E-state index is 0.0865. The minimum atomic E-state index is -3.73. The number of carboxylic acid groups (broad SMARTS) is 1. The van der Waals surface area contributed by atoms with Crippen molar-refractivity contribution in [1.29, 1.82) is 0 Å². The standard InChI is InChI=1S/C18H20N2O5S/c1-20-14-9-10-15(12-6-5-7-13(17(12)14)18(20)23)26(24,25)19-11-4-2-3-8-16(21)22/h5-7,9-10,19H,2-4,8,11H2,1H3,(H,21,22). The molecule has 1 aliphatic heterocycles. The van der Waals surface area contributed by atoms with Crippen LogP contribution in [-0.2, 0) is 14.8 Å². The predicted molar refractivity (Wildman–Crippen MR) is 98.0 cm³/mol. The molecule has 2 aromatic rings. The Morgan fingerprint density at radius 3 is 2.65 bits per heavy atom. The molecule has 0 aliphatic carbocycles. The van der Waals surface area contributed by atoms with E-state index in [1.807, 2.05) is 0 Å². The van der Waals surface area contributed by atoms with Gasteiger partial charge in [-0.25, -0.2) is 13.1 Å². The summed E-state index contributed by atoms with van der Waals surface area (Å²) in [4.78, 5) is 24.4. The summed E-state index contributed by atoms with van der Waals surface area (Å²) in [5.74, 6) is -0.996. The Labute approximate surface area is 151 Å². The topological polar surface area (TPSA) is 104 Å². The molecule has 1 amide bonds. The zero-order chi connectivity index (χ0) is 18.9. The van der Waals surface area contributed by atoms with Gasteiger partial charge >= 0.3 is 5.97 Å². The van der Waals surface area contributed by atoms with Crippen LogP contribution in [0, 0.1) is 0 Å². The SMILES string of the molecule is CN1C(=O)c2cccc3c(S(=O)(=O)NCCCCCC(=O)O)ccc1c23. The largest absolute Gasteiger partial charge is 0.481 e. The molecule has 0 radical (unpaired) electrons. The van der Waals surface area contributed by atoms with Gasteiger partial charge in [-0.05, 0) is 31.0 Å². The minimum Gasteiger partial charge on any atom is -0.481 e. The van der Waals surface area contributed by atoms with E-state index >= 15 is 0 Å². The molecule has 0 spiro atoms. The summed E-state index contributed by atoms with van der Waals surface area (Å²) in [5.41, 5.74) is 1.21. The normalized spacial score (nSPS) is 13.6. The van der Waals surface area contributed by atoms with Crippen LogP contribution in [0.15, 0.2) is 35.2 Å². The van der Waals surface area contributed by atoms with Crippen molar-refractivity contribution < 1.29 is 23.1 Å². The summed E-state index contributed by atoms with van der Waals surface area (Å²) >= 11 is 0. The quantitative estimate of drug-likeness (QED) is 0.688. The number of hydrogen-bond acceptors (Lipinski definition) is 4. The van der Waals surface area contributed by atoms with Crippen molar-refractivity contribution in [3.05, 3.63) is 35.9 Å². The van der Waals surface area contributed by atoms with Gasteiger partial charge in [0.15, 0.2) is 0 Å². The van der Waals surface area contributed by atoms with E-state index in [0.717, 1.165) is 0 Å². The number of sulfonamides is 1. The lowest BCUT2D eigenvalue weighted by atomic mass is 10.1. The molecule has 2 N–H and O–H groups in total. The Balaban J connectivity index is 1.80. The molecule has 7 nitrogen and oxygen atoms in total. The molecule has 26 heavy (non-hydrogen) atoms. The fraction of sp³-hybridized carbons (Fsp3) is 0.333. The maximum absolute atomic E-state index is 12.7. The Bertz CT molecular complexity index is 984. The summed E-state index contributed by atoms with van der Waals surface area (Å²) in [7, 11) is -2.06. The van der Waals surface area contributed by atoms with E-state index in [2.05, 4.69) is 4.72 Å². The number of nitrogens with zero attached hydrogens (tertiary/aromatic N) is 1. The summed E-state index contributed by atoms with van der Waals surface area (Å²) in [5, 5.41) is 9.78. The van der Waals surface area contributed by atoms with Gasteiger partial charge < -0.3 is 10.0 Å². The van der Waals surface area contributed by atoms with Gasteiger partial charge in [-0.3, -0.25) is 9.59 Å². The molecule has 0 saturated heterocycles.